The van der Waals surface area contributed by atoms with Gasteiger partial charge in [0.15, 0.2) is 0 Å². The molecule has 0 bridgehead atoms. The SMILES string of the molecule is CC1=C(Cc2ccc(OC(C)C)cc2F)C(C=O)NN1C(C)C. The molecule has 0 saturated heterocycles. The average molecular weight is 320 g/mol. The van der Waals surface area contributed by atoms with Crippen LogP contribution >= 0.6 is 0 Å². The van der Waals surface area contributed by atoms with Gasteiger partial charge in [0, 0.05) is 24.2 Å². The van der Waals surface area contributed by atoms with E-state index in [0.29, 0.717) is 17.7 Å². The normalized spacial score (nSPS) is 18.3. The molecule has 0 saturated carbocycles. The van der Waals surface area contributed by atoms with Crippen molar-refractivity contribution in [2.24, 2.45) is 0 Å². The van der Waals surface area contributed by atoms with E-state index in [2.05, 4.69) is 5.43 Å². The Kier molecular flexibility index (Phi) is 5.42. The van der Waals surface area contributed by atoms with Crippen LogP contribution in [0.25, 0.3) is 0 Å². The molecule has 0 aliphatic carbocycles. The maximum atomic E-state index is 14.3. The van der Waals surface area contributed by atoms with Crippen LogP contribution in [0.1, 0.15) is 40.2 Å². The van der Waals surface area contributed by atoms with Crippen molar-refractivity contribution in [2.45, 2.75) is 59.2 Å². The molecule has 0 radical (unpaired) electrons. The molecule has 5 heteroatoms. The first-order valence-corrected chi connectivity index (χ1v) is 7.99. The summed E-state index contributed by atoms with van der Waals surface area (Å²) in [5.74, 6) is 0.211. The van der Waals surface area contributed by atoms with Gasteiger partial charge in [-0.2, -0.15) is 0 Å². The second kappa shape index (κ2) is 7.13. The average Bonchev–Trinajstić information content (AvgIpc) is 2.78. The maximum absolute atomic E-state index is 14.3. The van der Waals surface area contributed by atoms with Crippen LogP contribution in [0.2, 0.25) is 0 Å². The van der Waals surface area contributed by atoms with Crippen LogP contribution in [0, 0.1) is 5.82 Å². The van der Waals surface area contributed by atoms with E-state index in [1.807, 2.05) is 39.6 Å². The van der Waals surface area contributed by atoms with E-state index >= 15 is 0 Å². The van der Waals surface area contributed by atoms with Crippen molar-refractivity contribution in [2.75, 3.05) is 0 Å². The molecule has 2 rings (SSSR count). The van der Waals surface area contributed by atoms with E-state index in [9.17, 15) is 9.18 Å². The van der Waals surface area contributed by atoms with Crippen LogP contribution in [0.3, 0.4) is 0 Å². The number of carbonyl (C=O) groups excluding carboxylic acids is 1. The van der Waals surface area contributed by atoms with Crippen molar-refractivity contribution in [1.29, 1.82) is 0 Å². The first-order valence-electron chi connectivity index (χ1n) is 7.99. The number of nitrogens with zero attached hydrogens (tertiary/aromatic N) is 1. The molecule has 1 aromatic rings. The number of nitrogens with one attached hydrogen (secondary N) is 1. The quantitative estimate of drug-likeness (QED) is 0.817. The molecular weight excluding hydrogens is 295 g/mol. The molecule has 1 unspecified atom stereocenters. The number of allylic oxidation sites excluding steroid dienone is 1. The lowest BCUT2D eigenvalue weighted by atomic mass is 9.98. The summed E-state index contributed by atoms with van der Waals surface area (Å²) in [7, 11) is 0. The third kappa shape index (κ3) is 3.91. The Morgan fingerprint density at radius 3 is 2.57 bits per heavy atom. The van der Waals surface area contributed by atoms with E-state index in [4.69, 9.17) is 4.74 Å². The van der Waals surface area contributed by atoms with Crippen LogP contribution in [0.5, 0.6) is 5.75 Å². The lowest BCUT2D eigenvalue weighted by molar-refractivity contribution is -0.109. The van der Waals surface area contributed by atoms with Crippen LogP contribution in [-0.2, 0) is 11.2 Å². The molecular formula is C18H25FN2O2. The van der Waals surface area contributed by atoms with Gasteiger partial charge in [-0.25, -0.2) is 9.82 Å². The second-order valence-corrected chi connectivity index (χ2v) is 6.41. The highest BCUT2D eigenvalue weighted by Gasteiger charge is 2.30. The summed E-state index contributed by atoms with van der Waals surface area (Å²) in [5, 5.41) is 1.96. The molecule has 0 fully saturated rings. The lowest BCUT2D eigenvalue weighted by Gasteiger charge is -2.25. The number of carbonyl (C=O) groups is 1. The minimum Gasteiger partial charge on any atom is -0.491 e. The maximum Gasteiger partial charge on any atom is 0.142 e. The van der Waals surface area contributed by atoms with E-state index in [-0.39, 0.29) is 18.0 Å². The highest BCUT2D eigenvalue weighted by molar-refractivity contribution is 5.65. The standard InChI is InChI=1S/C18H25FN2O2/c1-11(2)21-13(5)16(18(10-22)20-21)8-14-6-7-15(9-17(14)19)23-12(3)4/h6-7,9-12,18,20H,8H2,1-5H3. The van der Waals surface area contributed by atoms with E-state index in [1.54, 1.807) is 12.1 Å². The van der Waals surface area contributed by atoms with E-state index in [0.717, 1.165) is 17.6 Å². The number of halogens is 1. The summed E-state index contributed by atoms with van der Waals surface area (Å²) in [6.07, 6.45) is 1.28. The van der Waals surface area contributed by atoms with Crippen LogP contribution in [-0.4, -0.2) is 29.5 Å². The Balaban J connectivity index is 2.25. The molecule has 1 aliphatic heterocycles. The fourth-order valence-corrected chi connectivity index (χ4v) is 2.81. The Labute approximate surface area is 137 Å². The van der Waals surface area contributed by atoms with Crippen molar-refractivity contribution in [3.63, 3.8) is 0 Å². The minimum atomic E-state index is -0.400. The summed E-state index contributed by atoms with van der Waals surface area (Å²) >= 11 is 0. The minimum absolute atomic E-state index is 0.00304. The number of aldehydes is 1. The molecule has 0 amide bonds. The van der Waals surface area contributed by atoms with Crippen molar-refractivity contribution in [3.8, 4) is 5.75 Å². The van der Waals surface area contributed by atoms with Crippen molar-refractivity contribution >= 4 is 6.29 Å². The monoisotopic (exact) mass is 320 g/mol. The zero-order chi connectivity index (χ0) is 17.1. The molecule has 0 spiro atoms. The van der Waals surface area contributed by atoms with Gasteiger partial charge in [0.1, 0.15) is 23.9 Å². The molecule has 1 aromatic carbocycles. The van der Waals surface area contributed by atoms with E-state index in [1.165, 1.54) is 6.07 Å². The predicted molar refractivity (Wildman–Crippen MR) is 88.5 cm³/mol. The number of hydrogen-bond acceptors (Lipinski definition) is 4. The molecule has 126 valence electrons. The number of hydrazine groups is 1. The smallest absolute Gasteiger partial charge is 0.142 e. The summed E-state index contributed by atoms with van der Waals surface area (Å²) < 4.78 is 19.8. The highest BCUT2D eigenvalue weighted by atomic mass is 19.1. The zero-order valence-corrected chi connectivity index (χ0v) is 14.4. The fourth-order valence-electron chi connectivity index (χ4n) is 2.81. The van der Waals surface area contributed by atoms with Gasteiger partial charge in [-0.1, -0.05) is 6.07 Å². The first-order chi connectivity index (χ1) is 10.8. The molecule has 1 atom stereocenters. The summed E-state index contributed by atoms with van der Waals surface area (Å²) in [6.45, 7) is 9.85. The van der Waals surface area contributed by atoms with E-state index < -0.39 is 6.04 Å². The molecule has 1 heterocycles. The van der Waals surface area contributed by atoms with Crippen LogP contribution in [0.4, 0.5) is 4.39 Å². The Morgan fingerprint density at radius 2 is 2.04 bits per heavy atom. The predicted octanol–water partition coefficient (Wildman–Crippen LogP) is 3.23. The van der Waals surface area contributed by atoms with Crippen LogP contribution < -0.4 is 10.2 Å². The topological polar surface area (TPSA) is 41.6 Å². The highest BCUT2D eigenvalue weighted by Crippen LogP contribution is 2.27. The van der Waals surface area contributed by atoms with Crippen LogP contribution in [0.15, 0.2) is 29.5 Å². The third-order valence-corrected chi connectivity index (χ3v) is 3.91. The van der Waals surface area contributed by atoms with Gasteiger partial charge in [-0.3, -0.25) is 0 Å². The summed E-state index contributed by atoms with van der Waals surface area (Å²) in [6, 6.07) is 4.73. The second-order valence-electron chi connectivity index (χ2n) is 6.41. The van der Waals surface area contributed by atoms with Gasteiger partial charge < -0.3 is 14.5 Å². The van der Waals surface area contributed by atoms with Gasteiger partial charge in [0.05, 0.1) is 6.10 Å². The molecule has 23 heavy (non-hydrogen) atoms. The molecule has 0 aromatic heterocycles. The first kappa shape index (κ1) is 17.5. The van der Waals surface area contributed by atoms with Gasteiger partial charge in [0.25, 0.3) is 0 Å². The Hall–Kier alpha value is -1.88. The van der Waals surface area contributed by atoms with Gasteiger partial charge in [0.2, 0.25) is 0 Å². The number of hydrogen-bond donors (Lipinski definition) is 1. The molecule has 1 aliphatic rings. The van der Waals surface area contributed by atoms with Crippen molar-refractivity contribution < 1.29 is 13.9 Å². The number of benzene rings is 1. The van der Waals surface area contributed by atoms with Crippen molar-refractivity contribution in [3.05, 3.63) is 40.8 Å². The Morgan fingerprint density at radius 1 is 1.35 bits per heavy atom. The Bertz CT molecular complexity index is 611. The summed E-state index contributed by atoms with van der Waals surface area (Å²) in [4.78, 5) is 11.3. The summed E-state index contributed by atoms with van der Waals surface area (Å²) in [5.41, 5.74) is 5.62. The number of rotatable bonds is 6. The van der Waals surface area contributed by atoms with Crippen molar-refractivity contribution in [1.82, 2.24) is 10.4 Å². The number of ether oxygens (including phenoxy) is 1. The lowest BCUT2D eigenvalue weighted by Crippen LogP contribution is -2.42. The largest absolute Gasteiger partial charge is 0.491 e. The van der Waals surface area contributed by atoms with Gasteiger partial charge in [-0.05, 0) is 51.8 Å². The van der Waals surface area contributed by atoms with Gasteiger partial charge in [-0.15, -0.1) is 0 Å². The zero-order valence-electron chi connectivity index (χ0n) is 14.4. The fraction of sp³-hybridized carbons (Fsp3) is 0.500. The molecule has 1 N–H and O–H groups in total. The molecule has 4 nitrogen and oxygen atoms in total. The third-order valence-electron chi connectivity index (χ3n) is 3.91. The van der Waals surface area contributed by atoms with Gasteiger partial charge >= 0.3 is 0 Å².